The first kappa shape index (κ1) is 14.3. The summed E-state index contributed by atoms with van der Waals surface area (Å²) in [5, 5.41) is 3.65. The topological polar surface area (TPSA) is 56.1 Å². The Kier molecular flexibility index (Phi) is 3.93. The number of nitrogens with zero attached hydrogens (tertiary/aromatic N) is 2. The van der Waals surface area contributed by atoms with Crippen molar-refractivity contribution in [1.29, 1.82) is 0 Å². The average Bonchev–Trinajstić information content (AvgIpc) is 3.16. The van der Waals surface area contributed by atoms with E-state index in [0.717, 1.165) is 5.13 Å². The van der Waals surface area contributed by atoms with Crippen LogP contribution in [0.2, 0.25) is 0 Å². The van der Waals surface area contributed by atoms with Crippen molar-refractivity contribution in [2.45, 2.75) is 6.92 Å². The smallest absolute Gasteiger partial charge is 0.267 e. The molecule has 1 amide bonds. The average molecular weight is 313 g/mol. The molecular formula is C16H15N3O2S. The molecule has 5 nitrogen and oxygen atoms in total. The van der Waals surface area contributed by atoms with Gasteiger partial charge in [-0.3, -0.25) is 4.79 Å². The van der Waals surface area contributed by atoms with E-state index < -0.39 is 0 Å². The summed E-state index contributed by atoms with van der Waals surface area (Å²) in [4.78, 5) is 17.5. The second kappa shape index (κ2) is 6.03. The molecule has 0 atom stereocenters. The largest absolute Gasteiger partial charge is 0.497 e. The van der Waals surface area contributed by atoms with Crippen LogP contribution in [0, 0.1) is 6.92 Å². The zero-order chi connectivity index (χ0) is 15.5. The lowest BCUT2D eigenvalue weighted by atomic mass is 10.3. The number of hydrogen-bond donors (Lipinski definition) is 1. The maximum absolute atomic E-state index is 12.4. The van der Waals surface area contributed by atoms with E-state index in [2.05, 4.69) is 10.3 Å². The minimum Gasteiger partial charge on any atom is -0.497 e. The van der Waals surface area contributed by atoms with Gasteiger partial charge in [-0.2, -0.15) is 0 Å². The molecule has 22 heavy (non-hydrogen) atoms. The van der Waals surface area contributed by atoms with Crippen LogP contribution >= 0.6 is 11.3 Å². The van der Waals surface area contributed by atoms with Gasteiger partial charge in [0.05, 0.1) is 12.8 Å². The standard InChI is InChI=1S/C16H15N3O2S/c1-11-14(22-16(17-11)19-8-3-4-9-19)15(20)18-12-6-5-7-13(10-12)21-2/h3-10H,1-2H3,(H,18,20). The molecule has 0 spiro atoms. The van der Waals surface area contributed by atoms with Gasteiger partial charge in [0.2, 0.25) is 0 Å². The highest BCUT2D eigenvalue weighted by atomic mass is 32.1. The van der Waals surface area contributed by atoms with Crippen LogP contribution in [-0.4, -0.2) is 22.6 Å². The minimum atomic E-state index is -0.165. The minimum absolute atomic E-state index is 0.165. The van der Waals surface area contributed by atoms with E-state index in [1.807, 2.05) is 54.2 Å². The summed E-state index contributed by atoms with van der Waals surface area (Å²) in [6.45, 7) is 1.84. The Morgan fingerprint density at radius 2 is 2.05 bits per heavy atom. The van der Waals surface area contributed by atoms with Crippen LogP contribution in [0.15, 0.2) is 48.8 Å². The van der Waals surface area contributed by atoms with Gasteiger partial charge in [0.15, 0.2) is 5.13 Å². The monoisotopic (exact) mass is 313 g/mol. The fraction of sp³-hybridized carbons (Fsp3) is 0.125. The molecule has 0 aliphatic heterocycles. The summed E-state index contributed by atoms with van der Waals surface area (Å²) in [6, 6.07) is 11.1. The number of aromatic nitrogens is 2. The summed E-state index contributed by atoms with van der Waals surface area (Å²) in [5.74, 6) is 0.536. The van der Waals surface area contributed by atoms with Gasteiger partial charge in [-0.05, 0) is 31.2 Å². The fourth-order valence-electron chi connectivity index (χ4n) is 2.05. The van der Waals surface area contributed by atoms with Gasteiger partial charge >= 0.3 is 0 Å². The molecule has 3 rings (SSSR count). The molecule has 3 aromatic rings. The number of nitrogens with one attached hydrogen (secondary N) is 1. The first-order chi connectivity index (χ1) is 10.7. The molecule has 0 unspecified atom stereocenters. The normalized spacial score (nSPS) is 10.5. The molecule has 6 heteroatoms. The first-order valence-electron chi connectivity index (χ1n) is 6.73. The molecule has 0 saturated carbocycles. The number of ether oxygens (including phenoxy) is 1. The van der Waals surface area contributed by atoms with Crippen molar-refractivity contribution in [2.24, 2.45) is 0 Å². The highest BCUT2D eigenvalue weighted by molar-refractivity contribution is 7.16. The molecule has 0 aliphatic rings. The summed E-state index contributed by atoms with van der Waals surface area (Å²) in [6.07, 6.45) is 3.81. The van der Waals surface area contributed by atoms with Gasteiger partial charge in [0.25, 0.3) is 5.91 Å². The van der Waals surface area contributed by atoms with Crippen molar-refractivity contribution >= 4 is 22.9 Å². The predicted octanol–water partition coefficient (Wildman–Crippen LogP) is 3.50. The van der Waals surface area contributed by atoms with Crippen molar-refractivity contribution in [3.05, 3.63) is 59.4 Å². The van der Waals surface area contributed by atoms with Gasteiger partial charge in [0, 0.05) is 24.1 Å². The summed E-state index contributed by atoms with van der Waals surface area (Å²) < 4.78 is 7.04. The van der Waals surface area contributed by atoms with Crippen molar-refractivity contribution in [3.63, 3.8) is 0 Å². The van der Waals surface area contributed by atoms with Crippen molar-refractivity contribution in [1.82, 2.24) is 9.55 Å². The van der Waals surface area contributed by atoms with E-state index in [1.54, 1.807) is 13.2 Å². The highest BCUT2D eigenvalue weighted by Gasteiger charge is 2.16. The van der Waals surface area contributed by atoms with Crippen LogP contribution < -0.4 is 10.1 Å². The van der Waals surface area contributed by atoms with Crippen LogP contribution in [0.1, 0.15) is 15.4 Å². The van der Waals surface area contributed by atoms with E-state index in [9.17, 15) is 4.79 Å². The van der Waals surface area contributed by atoms with Crippen LogP contribution in [0.3, 0.4) is 0 Å². The third kappa shape index (κ3) is 2.87. The first-order valence-corrected chi connectivity index (χ1v) is 7.55. The number of methoxy groups -OCH3 is 1. The molecular weight excluding hydrogens is 298 g/mol. The van der Waals surface area contributed by atoms with Gasteiger partial charge in [-0.1, -0.05) is 17.4 Å². The zero-order valence-corrected chi connectivity index (χ0v) is 13.1. The van der Waals surface area contributed by atoms with Gasteiger partial charge < -0.3 is 14.6 Å². The number of benzene rings is 1. The molecule has 0 fully saturated rings. The number of carbonyl (C=O) groups excluding carboxylic acids is 1. The van der Waals surface area contributed by atoms with Gasteiger partial charge in [0.1, 0.15) is 10.6 Å². The Hall–Kier alpha value is -2.60. The maximum atomic E-state index is 12.4. The number of thiazole rings is 1. The van der Waals surface area contributed by atoms with Gasteiger partial charge in [-0.15, -0.1) is 0 Å². The molecule has 0 bridgehead atoms. The Labute approximate surface area is 132 Å². The highest BCUT2D eigenvalue weighted by Crippen LogP contribution is 2.24. The molecule has 0 saturated heterocycles. The number of hydrogen-bond acceptors (Lipinski definition) is 4. The number of rotatable bonds is 4. The quantitative estimate of drug-likeness (QED) is 0.802. The van der Waals surface area contributed by atoms with Crippen molar-refractivity contribution < 1.29 is 9.53 Å². The summed E-state index contributed by atoms with van der Waals surface area (Å²) in [7, 11) is 1.59. The Morgan fingerprint density at radius 3 is 2.77 bits per heavy atom. The molecule has 112 valence electrons. The van der Waals surface area contributed by atoms with E-state index in [-0.39, 0.29) is 5.91 Å². The lowest BCUT2D eigenvalue weighted by molar-refractivity contribution is 0.103. The van der Waals surface area contributed by atoms with Crippen molar-refractivity contribution in [3.8, 4) is 10.9 Å². The molecule has 0 radical (unpaired) electrons. The fourth-order valence-corrected chi connectivity index (χ4v) is 2.98. The zero-order valence-electron chi connectivity index (χ0n) is 12.2. The number of amides is 1. The summed E-state index contributed by atoms with van der Waals surface area (Å²) in [5.41, 5.74) is 1.41. The van der Waals surface area contributed by atoms with Crippen LogP contribution in [0.5, 0.6) is 5.75 Å². The van der Waals surface area contributed by atoms with E-state index in [0.29, 0.717) is 22.0 Å². The Morgan fingerprint density at radius 1 is 1.27 bits per heavy atom. The Bertz CT molecular complexity index is 794. The van der Waals surface area contributed by atoms with E-state index in [1.165, 1.54) is 11.3 Å². The predicted molar refractivity (Wildman–Crippen MR) is 87.1 cm³/mol. The number of aryl methyl sites for hydroxylation is 1. The second-order valence-corrected chi connectivity index (χ2v) is 5.66. The second-order valence-electron chi connectivity index (χ2n) is 4.69. The molecule has 1 N–H and O–H groups in total. The third-order valence-corrected chi connectivity index (χ3v) is 4.31. The van der Waals surface area contributed by atoms with Crippen LogP contribution in [0.25, 0.3) is 5.13 Å². The Balaban J connectivity index is 1.83. The maximum Gasteiger partial charge on any atom is 0.267 e. The molecule has 0 aliphatic carbocycles. The SMILES string of the molecule is COc1cccc(NC(=O)c2sc(-n3cccc3)nc2C)c1. The number of carbonyl (C=O) groups is 1. The molecule has 1 aromatic carbocycles. The van der Waals surface area contributed by atoms with Gasteiger partial charge in [-0.25, -0.2) is 4.98 Å². The lowest BCUT2D eigenvalue weighted by Crippen LogP contribution is -2.11. The van der Waals surface area contributed by atoms with Crippen LogP contribution in [0.4, 0.5) is 5.69 Å². The third-order valence-electron chi connectivity index (χ3n) is 3.14. The van der Waals surface area contributed by atoms with Crippen LogP contribution in [-0.2, 0) is 0 Å². The molecule has 2 heterocycles. The van der Waals surface area contributed by atoms with E-state index >= 15 is 0 Å². The molecule has 2 aromatic heterocycles. The van der Waals surface area contributed by atoms with E-state index in [4.69, 9.17) is 4.74 Å². The summed E-state index contributed by atoms with van der Waals surface area (Å²) >= 11 is 1.36. The number of anilines is 1. The van der Waals surface area contributed by atoms with Crippen molar-refractivity contribution in [2.75, 3.05) is 12.4 Å². The lowest BCUT2D eigenvalue weighted by Gasteiger charge is -2.06.